The third-order valence-corrected chi connectivity index (χ3v) is 5.19. The number of likely N-dealkylation sites (N-methyl/N-ethyl adjacent to an activating group) is 1. The molecule has 5 heteroatoms. The molecule has 0 amide bonds. The molecule has 1 atom stereocenters. The second-order valence-electron chi connectivity index (χ2n) is 7.34. The van der Waals surface area contributed by atoms with Crippen LogP contribution in [0.25, 0.3) is 11.0 Å². The van der Waals surface area contributed by atoms with Crippen LogP contribution in [0.1, 0.15) is 28.4 Å². The Bertz CT molecular complexity index is 954. The molecule has 0 unspecified atom stereocenters. The highest BCUT2D eigenvalue weighted by Gasteiger charge is 2.25. The van der Waals surface area contributed by atoms with Crippen molar-refractivity contribution in [2.75, 3.05) is 34.3 Å². The van der Waals surface area contributed by atoms with Gasteiger partial charge in [-0.15, -0.1) is 0 Å². The minimum Gasteiger partial charge on any atom is -0.496 e. The van der Waals surface area contributed by atoms with E-state index in [0.717, 1.165) is 48.4 Å². The molecule has 140 valence electrons. The van der Waals surface area contributed by atoms with Crippen molar-refractivity contribution in [3.63, 3.8) is 0 Å². The van der Waals surface area contributed by atoms with Gasteiger partial charge in [-0.2, -0.15) is 0 Å². The molecule has 1 N–H and O–H groups in total. The van der Waals surface area contributed by atoms with E-state index >= 15 is 0 Å². The van der Waals surface area contributed by atoms with Gasteiger partial charge < -0.3 is 15.0 Å². The lowest BCUT2D eigenvalue weighted by Gasteiger charge is -2.28. The molecule has 1 aromatic heterocycles. The maximum Gasteiger partial charge on any atom is 0.122 e. The van der Waals surface area contributed by atoms with Crippen molar-refractivity contribution in [3.8, 4) is 5.75 Å². The number of aromatic nitrogens is 2. The molecule has 2 heterocycles. The molecule has 0 bridgehead atoms. The third-order valence-electron chi connectivity index (χ3n) is 5.19. The Morgan fingerprint density at radius 3 is 2.78 bits per heavy atom. The van der Waals surface area contributed by atoms with Gasteiger partial charge in [0.05, 0.1) is 36.1 Å². The lowest BCUT2D eigenvalue weighted by molar-refractivity contribution is 0.390. The molecule has 1 aliphatic heterocycles. The highest BCUT2D eigenvalue weighted by atomic mass is 16.5. The number of para-hydroxylation sites is 2. The number of nitrogens with one attached hydrogen (secondary N) is 1. The molecule has 1 aliphatic rings. The zero-order valence-electron chi connectivity index (χ0n) is 16.2. The van der Waals surface area contributed by atoms with Crippen LogP contribution in [-0.4, -0.2) is 49.2 Å². The Balaban J connectivity index is 1.75. The standard InChI is InChI=1S/C22H26N4O/c1-26(2)11-9-16-12-17-15(13-21(16)27-3)8-10-23-22(17)20-14-24-18-6-4-5-7-19(18)25-20/h4-7,12-14,22-23H,8-11H2,1-3H3/t22-/m0/s1. The Labute approximate surface area is 160 Å². The number of ether oxygens (including phenoxy) is 1. The van der Waals surface area contributed by atoms with E-state index in [2.05, 4.69) is 41.4 Å². The summed E-state index contributed by atoms with van der Waals surface area (Å²) in [6, 6.07) is 12.6. The average molecular weight is 362 g/mol. The molecule has 4 rings (SSSR count). The molecular weight excluding hydrogens is 336 g/mol. The fourth-order valence-corrected chi connectivity index (χ4v) is 3.74. The largest absolute Gasteiger partial charge is 0.496 e. The van der Waals surface area contributed by atoms with Crippen LogP contribution < -0.4 is 10.1 Å². The van der Waals surface area contributed by atoms with Crippen LogP contribution in [0, 0.1) is 0 Å². The number of nitrogens with zero attached hydrogens (tertiary/aromatic N) is 3. The minimum absolute atomic E-state index is 0.0647. The maximum atomic E-state index is 5.68. The van der Waals surface area contributed by atoms with E-state index in [4.69, 9.17) is 9.72 Å². The number of methoxy groups -OCH3 is 1. The predicted molar refractivity (Wildman–Crippen MR) is 108 cm³/mol. The first-order chi connectivity index (χ1) is 13.2. The van der Waals surface area contributed by atoms with E-state index in [-0.39, 0.29) is 6.04 Å². The van der Waals surface area contributed by atoms with Crippen LogP contribution in [0.15, 0.2) is 42.6 Å². The monoisotopic (exact) mass is 362 g/mol. The summed E-state index contributed by atoms with van der Waals surface area (Å²) in [7, 11) is 5.95. The number of hydrogen-bond acceptors (Lipinski definition) is 5. The van der Waals surface area contributed by atoms with Gasteiger partial charge in [0, 0.05) is 13.1 Å². The molecular formula is C22H26N4O. The summed E-state index contributed by atoms with van der Waals surface area (Å²) in [5.74, 6) is 0.987. The van der Waals surface area contributed by atoms with Crippen molar-refractivity contribution >= 4 is 11.0 Å². The Morgan fingerprint density at radius 2 is 2.00 bits per heavy atom. The van der Waals surface area contributed by atoms with Crippen LogP contribution in [-0.2, 0) is 12.8 Å². The maximum absolute atomic E-state index is 5.68. The zero-order chi connectivity index (χ0) is 18.8. The Morgan fingerprint density at radius 1 is 1.19 bits per heavy atom. The van der Waals surface area contributed by atoms with Gasteiger partial charge in [-0.25, -0.2) is 4.98 Å². The number of rotatable bonds is 5. The number of benzene rings is 2. The molecule has 0 fully saturated rings. The summed E-state index contributed by atoms with van der Waals surface area (Å²) < 4.78 is 5.68. The molecule has 0 spiro atoms. The zero-order valence-corrected chi connectivity index (χ0v) is 16.2. The van der Waals surface area contributed by atoms with Gasteiger partial charge in [-0.05, 0) is 67.9 Å². The van der Waals surface area contributed by atoms with Crippen molar-refractivity contribution < 1.29 is 4.74 Å². The summed E-state index contributed by atoms with van der Waals surface area (Å²) >= 11 is 0. The normalized spacial score (nSPS) is 16.5. The molecule has 2 aromatic carbocycles. The Kier molecular flexibility index (Phi) is 5.05. The molecule has 5 nitrogen and oxygen atoms in total. The first-order valence-electron chi connectivity index (χ1n) is 9.45. The number of hydrogen-bond donors (Lipinski definition) is 1. The van der Waals surface area contributed by atoms with Crippen LogP contribution in [0.3, 0.4) is 0 Å². The van der Waals surface area contributed by atoms with E-state index in [1.807, 2.05) is 30.5 Å². The second-order valence-corrected chi connectivity index (χ2v) is 7.34. The van der Waals surface area contributed by atoms with E-state index in [1.165, 1.54) is 16.7 Å². The fraction of sp³-hybridized carbons (Fsp3) is 0.364. The quantitative estimate of drug-likeness (QED) is 0.756. The van der Waals surface area contributed by atoms with Crippen molar-refractivity contribution in [3.05, 3.63) is 65.0 Å². The van der Waals surface area contributed by atoms with Gasteiger partial charge in [-0.1, -0.05) is 12.1 Å². The van der Waals surface area contributed by atoms with Gasteiger partial charge in [0.1, 0.15) is 5.75 Å². The van der Waals surface area contributed by atoms with E-state index in [9.17, 15) is 0 Å². The topological polar surface area (TPSA) is 50.3 Å². The summed E-state index contributed by atoms with van der Waals surface area (Å²) in [6.07, 6.45) is 3.86. The molecule has 27 heavy (non-hydrogen) atoms. The molecule has 3 aromatic rings. The molecule has 0 radical (unpaired) electrons. The first kappa shape index (κ1) is 17.9. The average Bonchev–Trinajstić information content (AvgIpc) is 2.70. The predicted octanol–water partition coefficient (Wildman–Crippen LogP) is 2.98. The highest BCUT2D eigenvalue weighted by molar-refractivity contribution is 5.73. The third kappa shape index (κ3) is 3.66. The van der Waals surface area contributed by atoms with Gasteiger partial charge in [-0.3, -0.25) is 4.98 Å². The van der Waals surface area contributed by atoms with E-state index in [0.29, 0.717) is 0 Å². The summed E-state index contributed by atoms with van der Waals surface area (Å²) in [5.41, 5.74) is 6.70. The van der Waals surface area contributed by atoms with E-state index in [1.54, 1.807) is 7.11 Å². The van der Waals surface area contributed by atoms with Crippen molar-refractivity contribution in [2.24, 2.45) is 0 Å². The highest BCUT2D eigenvalue weighted by Crippen LogP contribution is 2.33. The summed E-state index contributed by atoms with van der Waals surface area (Å²) in [5, 5.41) is 3.63. The number of fused-ring (bicyclic) bond motifs is 2. The van der Waals surface area contributed by atoms with Crippen LogP contribution in [0.5, 0.6) is 5.75 Å². The van der Waals surface area contributed by atoms with E-state index < -0.39 is 0 Å². The van der Waals surface area contributed by atoms with Gasteiger partial charge in [0.15, 0.2) is 0 Å². The molecule has 0 saturated heterocycles. The Hall–Kier alpha value is -2.50. The van der Waals surface area contributed by atoms with Gasteiger partial charge in [0.2, 0.25) is 0 Å². The fourth-order valence-electron chi connectivity index (χ4n) is 3.74. The minimum atomic E-state index is 0.0647. The van der Waals surface area contributed by atoms with Crippen LogP contribution in [0.4, 0.5) is 0 Å². The van der Waals surface area contributed by atoms with Crippen LogP contribution >= 0.6 is 0 Å². The van der Waals surface area contributed by atoms with Crippen molar-refractivity contribution in [1.29, 1.82) is 0 Å². The van der Waals surface area contributed by atoms with Gasteiger partial charge >= 0.3 is 0 Å². The first-order valence-corrected chi connectivity index (χ1v) is 9.45. The molecule has 0 aliphatic carbocycles. The lowest BCUT2D eigenvalue weighted by Crippen LogP contribution is -2.31. The van der Waals surface area contributed by atoms with Gasteiger partial charge in [0.25, 0.3) is 0 Å². The SMILES string of the molecule is COc1cc2c(cc1CCN(C)C)[C@@H](c1cnc3ccccc3n1)NCC2. The lowest BCUT2D eigenvalue weighted by atomic mass is 9.89. The smallest absolute Gasteiger partial charge is 0.122 e. The molecule has 0 saturated carbocycles. The summed E-state index contributed by atoms with van der Waals surface area (Å²) in [6.45, 7) is 1.91. The van der Waals surface area contributed by atoms with Crippen molar-refractivity contribution in [2.45, 2.75) is 18.9 Å². The summed E-state index contributed by atoms with van der Waals surface area (Å²) in [4.78, 5) is 11.7. The van der Waals surface area contributed by atoms with Crippen molar-refractivity contribution in [1.82, 2.24) is 20.2 Å². The second kappa shape index (κ2) is 7.62. The van der Waals surface area contributed by atoms with Crippen LogP contribution in [0.2, 0.25) is 0 Å².